The van der Waals surface area contributed by atoms with E-state index in [0.29, 0.717) is 10.7 Å². The number of nitrogens with zero attached hydrogens (tertiary/aromatic N) is 4. The van der Waals surface area contributed by atoms with Gasteiger partial charge in [0.2, 0.25) is 5.91 Å². The summed E-state index contributed by atoms with van der Waals surface area (Å²) in [7, 11) is 0. The highest BCUT2D eigenvalue weighted by molar-refractivity contribution is 7.14. The summed E-state index contributed by atoms with van der Waals surface area (Å²) in [6.07, 6.45) is 9.51. The number of benzene rings is 1. The highest BCUT2D eigenvalue weighted by Gasteiger charge is 2.26. The van der Waals surface area contributed by atoms with Gasteiger partial charge in [0.1, 0.15) is 12.1 Å². The Labute approximate surface area is 285 Å². The average molecular weight is 667 g/mol. The monoisotopic (exact) mass is 666 g/mol. The summed E-state index contributed by atoms with van der Waals surface area (Å²) in [5.41, 5.74) is 5.88. The molecule has 4 rings (SSSR count). The summed E-state index contributed by atoms with van der Waals surface area (Å²) in [4.78, 5) is 48.4. The van der Waals surface area contributed by atoms with E-state index in [1.807, 2.05) is 75.4 Å². The van der Waals surface area contributed by atoms with Crippen LogP contribution in [-0.4, -0.2) is 54.7 Å². The quantitative estimate of drug-likeness (QED) is 0.149. The number of carbonyl (C=O) groups is 3. The molecule has 3 heterocycles. The fraction of sp³-hybridized carbons (Fsp3) is 0.297. The zero-order valence-electron chi connectivity index (χ0n) is 28.4. The highest BCUT2D eigenvalue weighted by Crippen LogP contribution is 2.29. The van der Waals surface area contributed by atoms with Crippen LogP contribution in [0.25, 0.3) is 22.7 Å². The largest absolute Gasteiger partial charge is 0.480 e. The first kappa shape index (κ1) is 35.7. The predicted octanol–water partition coefficient (Wildman–Crippen LogP) is 6.38. The molecule has 1 aromatic carbocycles. The number of aromatic nitrogens is 4. The van der Waals surface area contributed by atoms with Crippen molar-refractivity contribution < 1.29 is 19.5 Å². The Morgan fingerprint density at radius 3 is 2.23 bits per heavy atom. The van der Waals surface area contributed by atoms with E-state index < -0.39 is 29.9 Å². The SMILES string of the molecule is C=C(/C=C\C(=C/C)c1cnc(-c2ccc(C[C@H](NC(=O)c3ccc(C(C)(C)C)s3)C(=O)N[C@H](C)C(=O)O)cc2)nc1)n1nc(C)cc1C. The van der Waals surface area contributed by atoms with E-state index in [4.69, 9.17) is 0 Å². The lowest BCUT2D eigenvalue weighted by molar-refractivity contribution is -0.141. The fourth-order valence-electron chi connectivity index (χ4n) is 4.86. The summed E-state index contributed by atoms with van der Waals surface area (Å²) in [5, 5.41) is 19.1. The summed E-state index contributed by atoms with van der Waals surface area (Å²) >= 11 is 1.37. The number of carbonyl (C=O) groups excluding carboxylic acids is 2. The Kier molecular flexibility index (Phi) is 11.3. The zero-order chi connectivity index (χ0) is 35.2. The van der Waals surface area contributed by atoms with Gasteiger partial charge in [-0.15, -0.1) is 11.3 Å². The lowest BCUT2D eigenvalue weighted by Crippen LogP contribution is -2.51. The molecule has 0 aliphatic carbocycles. The number of aliphatic carboxylic acids is 1. The summed E-state index contributed by atoms with van der Waals surface area (Å²) < 4.78 is 1.80. The van der Waals surface area contributed by atoms with Gasteiger partial charge in [0.15, 0.2) is 5.82 Å². The third-order valence-electron chi connectivity index (χ3n) is 7.61. The third-order valence-corrected chi connectivity index (χ3v) is 9.11. The van der Waals surface area contributed by atoms with E-state index in [9.17, 15) is 19.5 Å². The molecule has 0 unspecified atom stereocenters. The Morgan fingerprint density at radius 1 is 1.02 bits per heavy atom. The van der Waals surface area contributed by atoms with Gasteiger partial charge in [-0.25, -0.2) is 14.6 Å². The first-order valence-corrected chi connectivity index (χ1v) is 16.4. The molecular weight excluding hydrogens is 625 g/mol. The van der Waals surface area contributed by atoms with Crippen LogP contribution in [0.5, 0.6) is 0 Å². The average Bonchev–Trinajstić information content (AvgIpc) is 3.68. The van der Waals surface area contributed by atoms with Crippen LogP contribution in [0.3, 0.4) is 0 Å². The predicted molar refractivity (Wildman–Crippen MR) is 191 cm³/mol. The minimum atomic E-state index is -1.17. The number of hydrogen-bond acceptors (Lipinski definition) is 7. The highest BCUT2D eigenvalue weighted by atomic mass is 32.1. The maximum Gasteiger partial charge on any atom is 0.325 e. The van der Waals surface area contributed by atoms with Gasteiger partial charge in [0.25, 0.3) is 5.91 Å². The molecular formula is C37H42N6O4S. The van der Waals surface area contributed by atoms with Crippen LogP contribution >= 0.6 is 11.3 Å². The van der Waals surface area contributed by atoms with E-state index in [1.54, 1.807) is 23.1 Å². The van der Waals surface area contributed by atoms with Crippen molar-refractivity contribution in [1.29, 1.82) is 0 Å². The maximum absolute atomic E-state index is 13.2. The van der Waals surface area contributed by atoms with Crippen LogP contribution in [0.2, 0.25) is 0 Å². The maximum atomic E-state index is 13.2. The molecule has 0 spiro atoms. The summed E-state index contributed by atoms with van der Waals surface area (Å²) in [6.45, 7) is 17.6. The molecule has 0 radical (unpaired) electrons. The van der Waals surface area contributed by atoms with Crippen LogP contribution < -0.4 is 10.6 Å². The minimum absolute atomic E-state index is 0.121. The fourth-order valence-corrected chi connectivity index (χ4v) is 5.83. The number of allylic oxidation sites excluding steroid dienone is 5. The van der Waals surface area contributed by atoms with E-state index >= 15 is 0 Å². The second kappa shape index (κ2) is 15.2. The molecule has 3 aromatic heterocycles. The normalized spacial score (nSPS) is 13.3. The van der Waals surface area contributed by atoms with Crippen LogP contribution in [-0.2, 0) is 21.4 Å². The number of carboxylic acid groups (broad SMARTS) is 1. The third kappa shape index (κ3) is 9.01. The number of amides is 2. The summed E-state index contributed by atoms with van der Waals surface area (Å²) in [6, 6.07) is 10.9. The zero-order valence-corrected chi connectivity index (χ0v) is 29.2. The van der Waals surface area contributed by atoms with E-state index in [0.717, 1.165) is 44.2 Å². The Balaban J connectivity index is 1.47. The topological polar surface area (TPSA) is 139 Å². The van der Waals surface area contributed by atoms with Gasteiger partial charge < -0.3 is 15.7 Å². The Morgan fingerprint density at radius 2 is 1.69 bits per heavy atom. The van der Waals surface area contributed by atoms with Crippen molar-refractivity contribution in [3.63, 3.8) is 0 Å². The first-order valence-electron chi connectivity index (χ1n) is 15.6. The van der Waals surface area contributed by atoms with Gasteiger partial charge in [-0.1, -0.05) is 63.8 Å². The Hall–Kier alpha value is -5.16. The van der Waals surface area contributed by atoms with Crippen molar-refractivity contribution >= 4 is 40.4 Å². The number of hydrogen-bond donors (Lipinski definition) is 3. The molecule has 2 amide bonds. The van der Waals surface area contributed by atoms with Gasteiger partial charge in [0, 0.05) is 40.5 Å². The number of nitrogens with one attached hydrogen (secondary N) is 2. The van der Waals surface area contributed by atoms with Gasteiger partial charge >= 0.3 is 5.97 Å². The molecule has 0 saturated carbocycles. The molecule has 0 bridgehead atoms. The summed E-state index contributed by atoms with van der Waals surface area (Å²) in [5.74, 6) is -1.61. The molecule has 48 heavy (non-hydrogen) atoms. The van der Waals surface area contributed by atoms with Crippen molar-refractivity contribution in [1.82, 2.24) is 30.4 Å². The van der Waals surface area contributed by atoms with Gasteiger partial charge in [-0.2, -0.15) is 5.10 Å². The smallest absolute Gasteiger partial charge is 0.325 e. The van der Waals surface area contributed by atoms with Crippen LogP contribution in [0.4, 0.5) is 0 Å². The van der Waals surface area contributed by atoms with Crippen molar-refractivity contribution in [2.45, 2.75) is 72.4 Å². The van der Waals surface area contributed by atoms with Crippen molar-refractivity contribution in [3.05, 3.63) is 112 Å². The molecule has 4 aromatic rings. The van der Waals surface area contributed by atoms with Crippen molar-refractivity contribution in [2.24, 2.45) is 0 Å². The van der Waals surface area contributed by atoms with Crippen LogP contribution in [0.15, 0.2) is 79.7 Å². The van der Waals surface area contributed by atoms with Crippen molar-refractivity contribution in [2.75, 3.05) is 0 Å². The van der Waals surface area contributed by atoms with Crippen LogP contribution in [0.1, 0.15) is 71.7 Å². The minimum Gasteiger partial charge on any atom is -0.480 e. The number of aryl methyl sites for hydroxylation is 2. The molecule has 10 nitrogen and oxygen atoms in total. The van der Waals surface area contributed by atoms with E-state index in [2.05, 4.69) is 53.1 Å². The van der Waals surface area contributed by atoms with Gasteiger partial charge in [0.05, 0.1) is 16.3 Å². The van der Waals surface area contributed by atoms with E-state index in [1.165, 1.54) is 18.3 Å². The number of carboxylic acids is 1. The number of thiophene rings is 1. The second-order valence-corrected chi connectivity index (χ2v) is 13.7. The van der Waals surface area contributed by atoms with Crippen LogP contribution in [0, 0.1) is 13.8 Å². The molecule has 3 N–H and O–H groups in total. The lowest BCUT2D eigenvalue weighted by Gasteiger charge is -2.20. The molecule has 0 aliphatic rings. The van der Waals surface area contributed by atoms with Gasteiger partial charge in [-0.3, -0.25) is 14.4 Å². The van der Waals surface area contributed by atoms with E-state index in [-0.39, 0.29) is 11.8 Å². The lowest BCUT2D eigenvalue weighted by atomic mass is 9.95. The molecule has 250 valence electrons. The van der Waals surface area contributed by atoms with Gasteiger partial charge in [-0.05, 0) is 68.5 Å². The second-order valence-electron chi connectivity index (χ2n) is 12.6. The molecule has 2 atom stereocenters. The molecule has 11 heteroatoms. The standard InChI is InChI=1S/C37H42N6O4S/c1-9-27(13-10-23(3)43-24(4)18-22(2)42-43)29-20-38-33(39-21-29)28-14-11-26(12-15-28)19-30(34(44)40-25(5)36(46)47)41-35(45)31-16-17-32(48-31)37(6,7)8/h9-18,20-21,25,30H,3,19H2,1-2,4-8H3,(H,40,44)(H,41,45)(H,46,47)/b13-10-,27-9+/t25-,30+/m1/s1. The molecule has 0 saturated heterocycles. The Bertz CT molecular complexity index is 1860. The molecule has 0 aliphatic heterocycles. The van der Waals surface area contributed by atoms with Crippen molar-refractivity contribution in [3.8, 4) is 11.4 Å². The first-order chi connectivity index (χ1) is 22.7. The number of rotatable bonds is 12. The molecule has 0 fully saturated rings.